The summed E-state index contributed by atoms with van der Waals surface area (Å²) in [5.41, 5.74) is 1.94. The molecule has 9 atom stereocenters. The Balaban J connectivity index is 1.57. The van der Waals surface area contributed by atoms with E-state index in [1.807, 2.05) is 6.92 Å². The van der Waals surface area contributed by atoms with Gasteiger partial charge < -0.3 is 10.2 Å². The van der Waals surface area contributed by atoms with E-state index in [9.17, 15) is 15.0 Å². The van der Waals surface area contributed by atoms with Crippen LogP contribution in [-0.2, 0) is 4.79 Å². The van der Waals surface area contributed by atoms with E-state index in [4.69, 9.17) is 0 Å². The number of rotatable bonds is 1. The molecule has 5 aliphatic rings. The van der Waals surface area contributed by atoms with Gasteiger partial charge in [-0.2, -0.15) is 0 Å². The van der Waals surface area contributed by atoms with Crippen LogP contribution in [0.2, 0.25) is 0 Å². The lowest BCUT2D eigenvalue weighted by Gasteiger charge is -2.71. The number of hydrogen-bond acceptors (Lipinski definition) is 2. The van der Waals surface area contributed by atoms with Gasteiger partial charge in [-0.25, -0.2) is 0 Å². The highest BCUT2D eigenvalue weighted by molar-refractivity contribution is 5.74. The summed E-state index contributed by atoms with van der Waals surface area (Å²) in [5.74, 6) is 1.01. The standard InChI is InChI=1S/C30H48O3/c1-25(2)21-10-13-30(7)22(28(21,5)12-11-23(25)31)9-8-19-20-18-27(4,24(32)33)15-14-26(20,3)16-17-29(19,30)6/h8,20-23,31H,9-18H2,1-7H3,(H,32,33)/t20-,21+,22-,23+,26-,27+,28-,29+,30+/m1/s1. The van der Waals surface area contributed by atoms with Gasteiger partial charge in [-0.3, -0.25) is 4.79 Å². The summed E-state index contributed by atoms with van der Waals surface area (Å²) >= 11 is 0. The normalized spacial score (nSPS) is 55.3. The second kappa shape index (κ2) is 6.89. The predicted molar refractivity (Wildman–Crippen MR) is 133 cm³/mol. The minimum atomic E-state index is -0.603. The van der Waals surface area contributed by atoms with Crippen molar-refractivity contribution in [2.24, 2.45) is 50.2 Å². The molecule has 3 nitrogen and oxygen atoms in total. The second-order valence-electron chi connectivity index (χ2n) is 14.9. The summed E-state index contributed by atoms with van der Waals surface area (Å²) in [6.45, 7) is 16.8. The summed E-state index contributed by atoms with van der Waals surface area (Å²) in [5, 5.41) is 20.9. The van der Waals surface area contributed by atoms with Gasteiger partial charge in [-0.1, -0.05) is 53.2 Å². The van der Waals surface area contributed by atoms with Crippen LogP contribution >= 0.6 is 0 Å². The van der Waals surface area contributed by atoms with Crippen molar-refractivity contribution in [1.29, 1.82) is 0 Å². The lowest BCUT2D eigenvalue weighted by molar-refractivity contribution is -0.203. The lowest BCUT2D eigenvalue weighted by Crippen LogP contribution is -2.64. The molecule has 0 heterocycles. The van der Waals surface area contributed by atoms with Crippen molar-refractivity contribution < 1.29 is 15.0 Å². The molecule has 0 radical (unpaired) electrons. The summed E-state index contributed by atoms with van der Waals surface area (Å²) in [7, 11) is 0. The molecule has 5 aliphatic carbocycles. The van der Waals surface area contributed by atoms with E-state index in [0.29, 0.717) is 17.8 Å². The highest BCUT2D eigenvalue weighted by Gasteiger charge is 2.68. The van der Waals surface area contributed by atoms with Gasteiger partial charge in [0.05, 0.1) is 11.5 Å². The van der Waals surface area contributed by atoms with Crippen molar-refractivity contribution in [2.75, 3.05) is 0 Å². The van der Waals surface area contributed by atoms with Gasteiger partial charge in [-0.15, -0.1) is 0 Å². The van der Waals surface area contributed by atoms with Crippen LogP contribution in [0, 0.1) is 50.2 Å². The molecule has 0 spiro atoms. The third-order valence-corrected chi connectivity index (χ3v) is 13.3. The number of allylic oxidation sites excluding steroid dienone is 2. The average Bonchev–Trinajstić information content (AvgIpc) is 2.73. The first kappa shape index (κ1) is 23.9. The zero-order valence-corrected chi connectivity index (χ0v) is 22.3. The van der Waals surface area contributed by atoms with Crippen LogP contribution in [0.4, 0.5) is 0 Å². The Labute approximate surface area is 201 Å². The Kier molecular flexibility index (Phi) is 4.99. The first-order chi connectivity index (χ1) is 15.1. The van der Waals surface area contributed by atoms with Gasteiger partial charge in [0.1, 0.15) is 0 Å². The number of aliphatic hydroxyl groups is 1. The molecule has 0 aromatic heterocycles. The number of aliphatic hydroxyl groups excluding tert-OH is 1. The lowest BCUT2D eigenvalue weighted by atomic mass is 9.33. The molecule has 0 aliphatic heterocycles. The van der Waals surface area contributed by atoms with E-state index in [2.05, 4.69) is 47.6 Å². The van der Waals surface area contributed by atoms with E-state index in [1.54, 1.807) is 5.57 Å². The van der Waals surface area contributed by atoms with E-state index in [0.717, 1.165) is 38.5 Å². The Bertz CT molecular complexity index is 889. The number of carboxylic acids is 1. The third-order valence-electron chi connectivity index (χ3n) is 13.3. The molecule has 0 unspecified atom stereocenters. The topological polar surface area (TPSA) is 57.5 Å². The number of hydrogen-bond donors (Lipinski definition) is 2. The molecular weight excluding hydrogens is 408 g/mol. The molecule has 0 aromatic carbocycles. The first-order valence-corrected chi connectivity index (χ1v) is 13.8. The molecule has 0 amide bonds. The number of carboxylic acid groups (broad SMARTS) is 1. The van der Waals surface area contributed by atoms with Gasteiger partial charge in [0.15, 0.2) is 0 Å². The van der Waals surface area contributed by atoms with Crippen LogP contribution in [0.1, 0.15) is 113 Å². The molecule has 0 aromatic rings. The second-order valence-corrected chi connectivity index (χ2v) is 14.9. The maximum absolute atomic E-state index is 12.2. The minimum absolute atomic E-state index is 0.0168. The van der Waals surface area contributed by atoms with Crippen LogP contribution in [-0.4, -0.2) is 22.3 Å². The molecule has 3 heteroatoms. The maximum Gasteiger partial charge on any atom is 0.309 e. The fourth-order valence-corrected chi connectivity index (χ4v) is 10.5. The summed E-state index contributed by atoms with van der Waals surface area (Å²) < 4.78 is 0. The van der Waals surface area contributed by atoms with Crippen LogP contribution in [0.15, 0.2) is 11.6 Å². The number of fused-ring (bicyclic) bond motifs is 7. The van der Waals surface area contributed by atoms with Crippen molar-refractivity contribution in [3.8, 4) is 0 Å². The van der Waals surface area contributed by atoms with Gasteiger partial charge in [0.2, 0.25) is 0 Å². The highest BCUT2D eigenvalue weighted by Crippen LogP contribution is 2.75. The fourth-order valence-electron chi connectivity index (χ4n) is 10.5. The van der Waals surface area contributed by atoms with Gasteiger partial charge in [-0.05, 0) is 116 Å². The fraction of sp³-hybridized carbons (Fsp3) is 0.900. The molecule has 0 bridgehead atoms. The van der Waals surface area contributed by atoms with Gasteiger partial charge in [0, 0.05) is 0 Å². The van der Waals surface area contributed by atoms with E-state index in [-0.39, 0.29) is 33.2 Å². The average molecular weight is 457 g/mol. The Morgan fingerprint density at radius 3 is 2.21 bits per heavy atom. The van der Waals surface area contributed by atoms with Gasteiger partial charge in [0.25, 0.3) is 0 Å². The summed E-state index contributed by atoms with van der Waals surface area (Å²) in [6.07, 6.45) is 13.2. The Morgan fingerprint density at radius 1 is 0.879 bits per heavy atom. The monoisotopic (exact) mass is 456 g/mol. The van der Waals surface area contributed by atoms with Crippen molar-refractivity contribution in [3.05, 3.63) is 11.6 Å². The van der Waals surface area contributed by atoms with Crippen LogP contribution in [0.25, 0.3) is 0 Å². The molecule has 33 heavy (non-hydrogen) atoms. The van der Waals surface area contributed by atoms with Crippen LogP contribution in [0.5, 0.6) is 0 Å². The van der Waals surface area contributed by atoms with E-state index < -0.39 is 11.4 Å². The zero-order chi connectivity index (χ0) is 24.2. The molecule has 4 fully saturated rings. The molecule has 4 saturated carbocycles. The first-order valence-electron chi connectivity index (χ1n) is 13.8. The third kappa shape index (κ3) is 2.87. The summed E-state index contributed by atoms with van der Waals surface area (Å²) in [6, 6.07) is 0. The van der Waals surface area contributed by atoms with Crippen LogP contribution in [0.3, 0.4) is 0 Å². The SMILES string of the molecule is CC1(C)[C@@H](O)CC[C@@]2(C)[C@H]3CC=C4[C@H]5C[C@@](C)(C(=O)O)CC[C@]5(C)CC[C@]4(C)[C@@]3(C)CC[C@@H]12. The van der Waals surface area contributed by atoms with E-state index >= 15 is 0 Å². The Hall–Kier alpha value is -0.830. The highest BCUT2D eigenvalue weighted by atomic mass is 16.4. The molecular formula is C30H48O3. The zero-order valence-electron chi connectivity index (χ0n) is 22.3. The van der Waals surface area contributed by atoms with Gasteiger partial charge >= 0.3 is 5.97 Å². The van der Waals surface area contributed by atoms with E-state index in [1.165, 1.54) is 25.7 Å². The largest absolute Gasteiger partial charge is 0.481 e. The van der Waals surface area contributed by atoms with Crippen molar-refractivity contribution in [2.45, 2.75) is 119 Å². The quantitative estimate of drug-likeness (QED) is 0.409. The summed E-state index contributed by atoms with van der Waals surface area (Å²) in [4.78, 5) is 12.2. The maximum atomic E-state index is 12.2. The Morgan fingerprint density at radius 2 is 1.55 bits per heavy atom. The number of aliphatic carboxylic acids is 1. The minimum Gasteiger partial charge on any atom is -0.481 e. The number of carbonyl (C=O) groups is 1. The predicted octanol–water partition coefficient (Wildman–Crippen LogP) is 7.23. The molecule has 5 rings (SSSR count). The smallest absolute Gasteiger partial charge is 0.309 e. The van der Waals surface area contributed by atoms with Crippen molar-refractivity contribution in [1.82, 2.24) is 0 Å². The molecule has 0 saturated heterocycles. The molecule has 186 valence electrons. The van der Waals surface area contributed by atoms with Crippen molar-refractivity contribution in [3.63, 3.8) is 0 Å². The van der Waals surface area contributed by atoms with Crippen molar-refractivity contribution >= 4 is 5.97 Å². The van der Waals surface area contributed by atoms with Crippen LogP contribution < -0.4 is 0 Å². The molecule has 2 N–H and O–H groups in total.